The van der Waals surface area contributed by atoms with Crippen molar-refractivity contribution in [3.8, 4) is 0 Å². The zero-order valence-electron chi connectivity index (χ0n) is 18.8. The van der Waals surface area contributed by atoms with Crippen LogP contribution < -0.4 is 10.6 Å². The zero-order valence-corrected chi connectivity index (χ0v) is 19.6. The molecular formula is C23H30N4O5S. The number of rotatable bonds is 5. The molecule has 3 heterocycles. The summed E-state index contributed by atoms with van der Waals surface area (Å²) in [6.07, 6.45) is 5.93. The third-order valence-corrected chi connectivity index (χ3v) is 8.05. The fourth-order valence-electron chi connectivity index (χ4n) is 4.24. The molecule has 4 rings (SSSR count). The van der Waals surface area contributed by atoms with Crippen LogP contribution in [0, 0.1) is 6.92 Å². The van der Waals surface area contributed by atoms with E-state index in [1.54, 1.807) is 31.2 Å². The van der Waals surface area contributed by atoms with Gasteiger partial charge in [-0.15, -0.1) is 0 Å². The summed E-state index contributed by atoms with van der Waals surface area (Å²) in [6.45, 7) is 3.97. The van der Waals surface area contributed by atoms with E-state index in [1.807, 2.05) is 4.90 Å². The second-order valence-corrected chi connectivity index (χ2v) is 10.4. The molecule has 0 saturated carbocycles. The van der Waals surface area contributed by atoms with Gasteiger partial charge in [0, 0.05) is 43.6 Å². The summed E-state index contributed by atoms with van der Waals surface area (Å²) in [6, 6.07) is 7.96. The number of carbonyl (C=O) groups is 2. The van der Waals surface area contributed by atoms with E-state index in [9.17, 15) is 18.0 Å². The van der Waals surface area contributed by atoms with Crippen LogP contribution in [0.2, 0.25) is 0 Å². The van der Waals surface area contributed by atoms with Crippen LogP contribution in [-0.4, -0.2) is 55.7 Å². The summed E-state index contributed by atoms with van der Waals surface area (Å²) in [7, 11) is -3.68. The van der Waals surface area contributed by atoms with E-state index in [1.165, 1.54) is 10.4 Å². The second-order valence-electron chi connectivity index (χ2n) is 8.51. The predicted molar refractivity (Wildman–Crippen MR) is 125 cm³/mol. The van der Waals surface area contributed by atoms with Crippen LogP contribution in [0.4, 0.5) is 16.2 Å². The van der Waals surface area contributed by atoms with Crippen molar-refractivity contribution >= 4 is 33.3 Å². The number of aryl methyl sites for hydroxylation is 1. The van der Waals surface area contributed by atoms with Crippen LogP contribution in [0.25, 0.3) is 0 Å². The first-order valence-corrected chi connectivity index (χ1v) is 12.9. The van der Waals surface area contributed by atoms with Gasteiger partial charge in [0.15, 0.2) is 5.76 Å². The van der Waals surface area contributed by atoms with Crippen LogP contribution in [-0.2, 0) is 10.0 Å². The average molecular weight is 475 g/mol. The molecule has 3 amide bonds. The van der Waals surface area contributed by atoms with Gasteiger partial charge >= 0.3 is 6.03 Å². The van der Waals surface area contributed by atoms with E-state index < -0.39 is 15.9 Å². The number of sulfonamides is 1. The van der Waals surface area contributed by atoms with Crippen LogP contribution in [0.15, 0.2) is 39.6 Å². The van der Waals surface area contributed by atoms with E-state index in [0.29, 0.717) is 24.5 Å². The van der Waals surface area contributed by atoms with Gasteiger partial charge in [0.1, 0.15) is 10.7 Å². The number of furan rings is 1. The molecule has 9 nitrogen and oxygen atoms in total. The van der Waals surface area contributed by atoms with Crippen LogP contribution >= 0.6 is 0 Å². The number of nitrogens with zero attached hydrogens (tertiary/aromatic N) is 2. The molecule has 178 valence electrons. The highest BCUT2D eigenvalue weighted by Gasteiger charge is 2.31. The number of benzene rings is 1. The first-order valence-electron chi connectivity index (χ1n) is 11.4. The SMILES string of the molecule is Cc1oc(C(=O)Nc2cccc(NC(=O)N3CCCCCC3)c2)cc1S(=O)(=O)N1CCCC1. The largest absolute Gasteiger partial charge is 0.455 e. The molecule has 2 aromatic rings. The van der Waals surface area contributed by atoms with E-state index in [-0.39, 0.29) is 22.4 Å². The quantitative estimate of drug-likeness (QED) is 0.679. The van der Waals surface area contributed by atoms with Gasteiger partial charge in [-0.1, -0.05) is 18.9 Å². The maximum absolute atomic E-state index is 12.8. The van der Waals surface area contributed by atoms with Crippen molar-refractivity contribution in [1.29, 1.82) is 0 Å². The lowest BCUT2D eigenvalue weighted by Crippen LogP contribution is -2.35. The smallest absolute Gasteiger partial charge is 0.321 e. The fourth-order valence-corrected chi connectivity index (χ4v) is 5.92. The fraction of sp³-hybridized carbons (Fsp3) is 0.478. The lowest BCUT2D eigenvalue weighted by atomic mass is 10.2. The molecule has 2 N–H and O–H groups in total. The number of anilines is 2. The van der Waals surface area contributed by atoms with E-state index >= 15 is 0 Å². The van der Waals surface area contributed by atoms with Crippen LogP contribution in [0.1, 0.15) is 54.8 Å². The Balaban J connectivity index is 1.43. The number of urea groups is 1. The van der Waals surface area contributed by atoms with E-state index in [0.717, 1.165) is 51.6 Å². The molecule has 2 aliphatic rings. The number of nitrogens with one attached hydrogen (secondary N) is 2. The predicted octanol–water partition coefficient (Wildman–Crippen LogP) is 4.03. The Morgan fingerprint density at radius 3 is 2.15 bits per heavy atom. The Kier molecular flexibility index (Phi) is 7.04. The maximum atomic E-state index is 12.8. The number of hydrogen-bond acceptors (Lipinski definition) is 5. The highest BCUT2D eigenvalue weighted by atomic mass is 32.2. The summed E-state index contributed by atoms with van der Waals surface area (Å²) in [4.78, 5) is 27.1. The standard InChI is InChI=1S/C23H30N4O5S/c1-17-21(33(30,31)27-13-6-7-14-27)16-20(32-17)22(28)24-18-9-8-10-19(15-18)25-23(29)26-11-4-2-3-5-12-26/h8-10,15-16H,2-7,11-14H2,1H3,(H,24,28)(H,25,29). The summed E-state index contributed by atoms with van der Waals surface area (Å²) in [5.74, 6) is -0.452. The van der Waals surface area contributed by atoms with Crippen molar-refractivity contribution in [2.75, 3.05) is 36.8 Å². The minimum absolute atomic E-state index is 0.0213. The molecule has 1 aromatic carbocycles. The van der Waals surface area contributed by atoms with Gasteiger partial charge in [-0.05, 0) is 50.8 Å². The van der Waals surface area contributed by atoms with Crippen molar-refractivity contribution in [3.05, 3.63) is 41.9 Å². The summed E-state index contributed by atoms with van der Waals surface area (Å²) >= 11 is 0. The van der Waals surface area contributed by atoms with Gasteiger partial charge in [0.05, 0.1) is 0 Å². The van der Waals surface area contributed by atoms with E-state index in [4.69, 9.17) is 4.42 Å². The molecular weight excluding hydrogens is 444 g/mol. The van der Waals surface area contributed by atoms with Crippen molar-refractivity contribution in [3.63, 3.8) is 0 Å². The summed E-state index contributed by atoms with van der Waals surface area (Å²) < 4.78 is 32.6. The number of likely N-dealkylation sites (tertiary alicyclic amines) is 1. The number of carbonyl (C=O) groups excluding carboxylic acids is 2. The molecule has 33 heavy (non-hydrogen) atoms. The van der Waals surface area contributed by atoms with Gasteiger partial charge in [0.25, 0.3) is 5.91 Å². The topological polar surface area (TPSA) is 112 Å². The van der Waals surface area contributed by atoms with Gasteiger partial charge in [-0.3, -0.25) is 4.79 Å². The van der Waals surface area contributed by atoms with Gasteiger partial charge in [-0.2, -0.15) is 4.31 Å². The van der Waals surface area contributed by atoms with E-state index in [2.05, 4.69) is 10.6 Å². The molecule has 0 atom stereocenters. The lowest BCUT2D eigenvalue weighted by Gasteiger charge is -2.21. The second kappa shape index (κ2) is 9.96. The molecule has 2 saturated heterocycles. The first kappa shape index (κ1) is 23.3. The summed E-state index contributed by atoms with van der Waals surface area (Å²) in [5.41, 5.74) is 1.03. The Labute approximate surface area is 194 Å². The molecule has 0 aliphatic carbocycles. The molecule has 0 bridgehead atoms. The Morgan fingerprint density at radius 2 is 1.48 bits per heavy atom. The molecule has 1 aromatic heterocycles. The Bertz CT molecular complexity index is 1110. The third kappa shape index (κ3) is 5.39. The average Bonchev–Trinajstić information content (AvgIpc) is 3.38. The molecule has 2 aliphatic heterocycles. The van der Waals surface area contributed by atoms with Crippen LogP contribution in [0.3, 0.4) is 0 Å². The molecule has 0 unspecified atom stereocenters. The van der Waals surface area contributed by atoms with Crippen molar-refractivity contribution < 1.29 is 22.4 Å². The minimum atomic E-state index is -3.68. The Morgan fingerprint density at radius 1 is 0.879 bits per heavy atom. The van der Waals surface area contributed by atoms with Gasteiger partial charge in [0.2, 0.25) is 10.0 Å². The highest BCUT2D eigenvalue weighted by molar-refractivity contribution is 7.89. The van der Waals surface area contributed by atoms with Crippen molar-refractivity contribution in [1.82, 2.24) is 9.21 Å². The van der Waals surface area contributed by atoms with Crippen molar-refractivity contribution in [2.45, 2.75) is 50.3 Å². The lowest BCUT2D eigenvalue weighted by molar-refractivity contribution is 0.0995. The number of amides is 3. The molecule has 0 spiro atoms. The summed E-state index contributed by atoms with van der Waals surface area (Å²) in [5, 5.41) is 5.60. The zero-order chi connectivity index (χ0) is 23.4. The maximum Gasteiger partial charge on any atom is 0.321 e. The molecule has 2 fully saturated rings. The van der Waals surface area contributed by atoms with Crippen LogP contribution in [0.5, 0.6) is 0 Å². The highest BCUT2D eigenvalue weighted by Crippen LogP contribution is 2.27. The minimum Gasteiger partial charge on any atom is -0.455 e. The van der Waals surface area contributed by atoms with Gasteiger partial charge < -0.3 is 20.0 Å². The molecule has 10 heteroatoms. The normalized spacial score (nSPS) is 17.5. The van der Waals surface area contributed by atoms with Crippen molar-refractivity contribution in [2.24, 2.45) is 0 Å². The van der Waals surface area contributed by atoms with Gasteiger partial charge in [-0.25, -0.2) is 13.2 Å². The first-order chi connectivity index (χ1) is 15.8. The number of hydrogen-bond donors (Lipinski definition) is 2. The monoisotopic (exact) mass is 474 g/mol. The molecule has 0 radical (unpaired) electrons. The third-order valence-electron chi connectivity index (χ3n) is 6.04. The Hall–Kier alpha value is -2.85.